The van der Waals surface area contributed by atoms with E-state index < -0.39 is 11.9 Å². The van der Waals surface area contributed by atoms with E-state index in [1.165, 1.54) is 18.2 Å². The lowest BCUT2D eigenvalue weighted by molar-refractivity contribution is 0.215. The highest BCUT2D eigenvalue weighted by molar-refractivity contribution is 5.86. The quantitative estimate of drug-likeness (QED) is 0.800. The van der Waals surface area contributed by atoms with E-state index in [9.17, 15) is 9.18 Å². The van der Waals surface area contributed by atoms with Gasteiger partial charge in [0.05, 0.1) is 0 Å². The second-order valence-corrected chi connectivity index (χ2v) is 3.60. The van der Waals surface area contributed by atoms with Gasteiger partial charge in [-0.25, -0.2) is 9.18 Å². The molecule has 0 spiro atoms. The fourth-order valence-electron chi connectivity index (χ4n) is 1.40. The van der Waals surface area contributed by atoms with Crippen molar-refractivity contribution in [2.24, 2.45) is 0 Å². The smallest absolute Gasteiger partial charge is 0.410 e. The Kier molecular flexibility index (Phi) is 3.43. The molecule has 0 saturated heterocycles. The molecule has 2 rings (SSSR count). The Labute approximate surface area is 103 Å². The zero-order valence-corrected chi connectivity index (χ0v) is 9.39. The van der Waals surface area contributed by atoms with Crippen LogP contribution in [0.15, 0.2) is 48.5 Å². The number of rotatable bonds is 2. The van der Waals surface area contributed by atoms with Crippen molar-refractivity contribution in [3.8, 4) is 5.75 Å². The molecule has 18 heavy (non-hydrogen) atoms. The van der Waals surface area contributed by atoms with Crippen LogP contribution in [0.3, 0.4) is 0 Å². The molecule has 0 radical (unpaired) electrons. The van der Waals surface area contributed by atoms with Crippen LogP contribution in [0.2, 0.25) is 0 Å². The van der Waals surface area contributed by atoms with Crippen molar-refractivity contribution >= 4 is 17.5 Å². The Balaban J connectivity index is 2.01. The Bertz CT molecular complexity index is 523. The maximum Gasteiger partial charge on any atom is 0.417 e. The number of nitrogen functional groups attached to an aromatic ring is 1. The minimum Gasteiger partial charge on any atom is -0.410 e. The normalized spacial score (nSPS) is 9.83. The molecule has 4 nitrogen and oxygen atoms in total. The number of hydrogen-bond acceptors (Lipinski definition) is 3. The third-order valence-corrected chi connectivity index (χ3v) is 2.14. The number of amides is 1. The molecule has 0 aliphatic rings. The van der Waals surface area contributed by atoms with E-state index >= 15 is 0 Å². The van der Waals surface area contributed by atoms with Crippen LogP contribution in [0.5, 0.6) is 5.75 Å². The van der Waals surface area contributed by atoms with Gasteiger partial charge in [-0.2, -0.15) is 0 Å². The largest absolute Gasteiger partial charge is 0.417 e. The summed E-state index contributed by atoms with van der Waals surface area (Å²) < 4.78 is 17.8. The summed E-state index contributed by atoms with van der Waals surface area (Å²) >= 11 is 0. The summed E-state index contributed by atoms with van der Waals surface area (Å²) in [7, 11) is 0. The third-order valence-electron chi connectivity index (χ3n) is 2.14. The predicted molar refractivity (Wildman–Crippen MR) is 66.9 cm³/mol. The lowest BCUT2D eigenvalue weighted by Gasteiger charge is -2.07. The van der Waals surface area contributed by atoms with Crippen molar-refractivity contribution < 1.29 is 13.9 Å². The lowest BCUT2D eigenvalue weighted by Crippen LogP contribution is -2.16. The Morgan fingerprint density at radius 2 is 1.94 bits per heavy atom. The van der Waals surface area contributed by atoms with Crippen molar-refractivity contribution in [3.05, 3.63) is 54.3 Å². The number of nitrogens with one attached hydrogen (secondary N) is 1. The maximum absolute atomic E-state index is 12.9. The van der Waals surface area contributed by atoms with E-state index in [1.54, 1.807) is 24.3 Å². The average Bonchev–Trinajstić information content (AvgIpc) is 2.28. The summed E-state index contributed by atoms with van der Waals surface area (Å²) in [6.45, 7) is 0. The topological polar surface area (TPSA) is 64.3 Å². The van der Waals surface area contributed by atoms with E-state index in [1.807, 2.05) is 0 Å². The minimum atomic E-state index is -0.703. The number of anilines is 2. The van der Waals surface area contributed by atoms with E-state index in [2.05, 4.69) is 5.32 Å². The molecule has 2 aromatic carbocycles. The number of ether oxygens (including phenoxy) is 1. The van der Waals surface area contributed by atoms with Gasteiger partial charge in [0, 0.05) is 17.4 Å². The highest BCUT2D eigenvalue weighted by Gasteiger charge is 2.05. The number of carbonyl (C=O) groups is 1. The number of nitrogens with two attached hydrogens (primary N) is 1. The van der Waals surface area contributed by atoms with Gasteiger partial charge in [0.15, 0.2) is 0 Å². The average molecular weight is 246 g/mol. The van der Waals surface area contributed by atoms with Crippen LogP contribution in [-0.4, -0.2) is 6.09 Å². The summed E-state index contributed by atoms with van der Waals surface area (Å²) in [5.41, 5.74) is 6.60. The molecule has 2 aromatic rings. The van der Waals surface area contributed by atoms with Crippen molar-refractivity contribution in [1.29, 1.82) is 0 Å². The van der Waals surface area contributed by atoms with Crippen LogP contribution < -0.4 is 15.8 Å². The van der Waals surface area contributed by atoms with Crippen molar-refractivity contribution in [1.82, 2.24) is 0 Å². The molecular weight excluding hydrogens is 235 g/mol. The summed E-state index contributed by atoms with van der Waals surface area (Å²) in [6, 6.07) is 12.0. The van der Waals surface area contributed by atoms with E-state index in [4.69, 9.17) is 10.5 Å². The third kappa shape index (κ3) is 3.21. The molecule has 0 atom stereocenters. The van der Waals surface area contributed by atoms with E-state index in [0.29, 0.717) is 11.4 Å². The Morgan fingerprint density at radius 1 is 1.17 bits per heavy atom. The van der Waals surface area contributed by atoms with E-state index in [-0.39, 0.29) is 5.75 Å². The monoisotopic (exact) mass is 246 g/mol. The molecule has 0 saturated carbocycles. The fraction of sp³-hybridized carbons (Fsp3) is 0. The van der Waals surface area contributed by atoms with Gasteiger partial charge in [0.25, 0.3) is 0 Å². The molecule has 0 heterocycles. The van der Waals surface area contributed by atoms with Crippen LogP contribution in [0.1, 0.15) is 0 Å². The number of benzene rings is 2. The number of carbonyl (C=O) groups excluding carboxylic acids is 1. The fourth-order valence-corrected chi connectivity index (χ4v) is 1.40. The van der Waals surface area contributed by atoms with Gasteiger partial charge in [-0.05, 0) is 30.3 Å². The molecule has 3 N–H and O–H groups in total. The molecule has 0 fully saturated rings. The van der Waals surface area contributed by atoms with E-state index in [0.717, 1.165) is 6.07 Å². The van der Waals surface area contributed by atoms with Crippen molar-refractivity contribution in [3.63, 3.8) is 0 Å². The van der Waals surface area contributed by atoms with Gasteiger partial charge < -0.3 is 10.5 Å². The molecule has 0 aromatic heterocycles. The van der Waals surface area contributed by atoms with Crippen LogP contribution in [0, 0.1) is 5.82 Å². The molecule has 0 unspecified atom stereocenters. The van der Waals surface area contributed by atoms with Gasteiger partial charge in [0.2, 0.25) is 0 Å². The van der Waals surface area contributed by atoms with Crippen LogP contribution >= 0.6 is 0 Å². The Morgan fingerprint density at radius 3 is 2.67 bits per heavy atom. The first-order valence-corrected chi connectivity index (χ1v) is 5.23. The molecular formula is C13H11FN2O2. The lowest BCUT2D eigenvalue weighted by atomic mass is 10.3. The van der Waals surface area contributed by atoms with Crippen LogP contribution in [0.25, 0.3) is 0 Å². The van der Waals surface area contributed by atoms with Gasteiger partial charge >= 0.3 is 6.09 Å². The molecule has 5 heteroatoms. The first-order valence-electron chi connectivity index (χ1n) is 5.23. The van der Waals surface area contributed by atoms with Crippen molar-refractivity contribution in [2.45, 2.75) is 0 Å². The molecule has 0 bridgehead atoms. The standard InChI is InChI=1S/C13H11FN2O2/c14-9-3-1-6-12(7-9)18-13(17)16-11-5-2-4-10(15)8-11/h1-8H,15H2,(H,16,17). The van der Waals surface area contributed by atoms with Crippen LogP contribution in [-0.2, 0) is 0 Å². The second-order valence-electron chi connectivity index (χ2n) is 3.60. The highest BCUT2D eigenvalue weighted by Crippen LogP contribution is 2.15. The maximum atomic E-state index is 12.9. The first kappa shape index (κ1) is 11.9. The van der Waals surface area contributed by atoms with Gasteiger partial charge in [-0.15, -0.1) is 0 Å². The van der Waals surface area contributed by atoms with Gasteiger partial charge in [-0.1, -0.05) is 12.1 Å². The summed E-state index contributed by atoms with van der Waals surface area (Å²) in [5.74, 6) is -0.333. The first-order chi connectivity index (χ1) is 8.63. The van der Waals surface area contributed by atoms with Gasteiger partial charge in [0.1, 0.15) is 11.6 Å². The van der Waals surface area contributed by atoms with Gasteiger partial charge in [-0.3, -0.25) is 5.32 Å². The summed E-state index contributed by atoms with van der Waals surface area (Å²) in [5, 5.41) is 2.49. The molecule has 1 amide bonds. The highest BCUT2D eigenvalue weighted by atomic mass is 19.1. The zero-order valence-electron chi connectivity index (χ0n) is 9.39. The van der Waals surface area contributed by atoms with Crippen LogP contribution in [0.4, 0.5) is 20.6 Å². The summed E-state index contributed by atoms with van der Waals surface area (Å²) in [4.78, 5) is 11.5. The minimum absolute atomic E-state index is 0.136. The molecule has 92 valence electrons. The zero-order chi connectivity index (χ0) is 13.0. The number of hydrogen-bond donors (Lipinski definition) is 2. The Hall–Kier alpha value is -2.56. The predicted octanol–water partition coefficient (Wildman–Crippen LogP) is 3.02. The van der Waals surface area contributed by atoms with Crippen molar-refractivity contribution in [2.75, 3.05) is 11.1 Å². The molecule has 0 aliphatic heterocycles. The summed E-state index contributed by atoms with van der Waals surface area (Å²) in [6.07, 6.45) is -0.703. The molecule has 0 aliphatic carbocycles. The SMILES string of the molecule is Nc1cccc(NC(=O)Oc2cccc(F)c2)c1. The second kappa shape index (κ2) is 5.18. The number of halogens is 1.